The number of carbonyl (C=O) groups is 2. The van der Waals surface area contributed by atoms with Crippen LogP contribution in [0.3, 0.4) is 0 Å². The highest BCUT2D eigenvalue weighted by atomic mass is 16.2. The first kappa shape index (κ1) is 13.2. The highest BCUT2D eigenvalue weighted by Gasteiger charge is 2.14. The van der Waals surface area contributed by atoms with Crippen molar-refractivity contribution in [2.45, 2.75) is 32.7 Å². The number of hydrogen-bond acceptors (Lipinski definition) is 3. The molecule has 6 heteroatoms. The predicted octanol–water partition coefficient (Wildman–Crippen LogP) is 0.503. The zero-order chi connectivity index (χ0) is 12.7. The molecule has 1 heterocycles. The standard InChI is InChI=1S/C11H18N4O2/c1-3-9(11-13-6-7-14-11)15-10(17)4-5-12-8(2)16/h6-7,9H,3-5H2,1-2H3,(H,12,16)(H,13,14)(H,15,17). The highest BCUT2D eigenvalue weighted by molar-refractivity contribution is 5.78. The first-order chi connectivity index (χ1) is 8.13. The molecule has 2 amide bonds. The lowest BCUT2D eigenvalue weighted by molar-refractivity contribution is -0.122. The van der Waals surface area contributed by atoms with Gasteiger partial charge < -0.3 is 15.6 Å². The molecule has 1 rings (SSSR count). The van der Waals surface area contributed by atoms with Crippen LogP contribution in [0.4, 0.5) is 0 Å². The molecule has 0 bridgehead atoms. The Morgan fingerprint density at radius 2 is 2.29 bits per heavy atom. The van der Waals surface area contributed by atoms with E-state index in [1.807, 2.05) is 6.92 Å². The number of aromatic amines is 1. The van der Waals surface area contributed by atoms with Gasteiger partial charge in [-0.25, -0.2) is 4.98 Å². The van der Waals surface area contributed by atoms with Gasteiger partial charge in [-0.15, -0.1) is 0 Å². The molecule has 6 nitrogen and oxygen atoms in total. The van der Waals surface area contributed by atoms with E-state index in [1.165, 1.54) is 6.92 Å². The molecule has 0 aliphatic rings. The average molecular weight is 238 g/mol. The smallest absolute Gasteiger partial charge is 0.222 e. The van der Waals surface area contributed by atoms with Gasteiger partial charge in [0, 0.05) is 32.3 Å². The zero-order valence-electron chi connectivity index (χ0n) is 10.1. The fourth-order valence-electron chi connectivity index (χ4n) is 1.45. The van der Waals surface area contributed by atoms with Gasteiger partial charge in [0.25, 0.3) is 0 Å². The van der Waals surface area contributed by atoms with E-state index in [1.54, 1.807) is 12.4 Å². The summed E-state index contributed by atoms with van der Waals surface area (Å²) < 4.78 is 0. The van der Waals surface area contributed by atoms with Crippen LogP contribution in [-0.4, -0.2) is 28.3 Å². The van der Waals surface area contributed by atoms with E-state index < -0.39 is 0 Å². The van der Waals surface area contributed by atoms with Crippen molar-refractivity contribution in [1.29, 1.82) is 0 Å². The average Bonchev–Trinajstić information content (AvgIpc) is 2.78. The molecule has 0 radical (unpaired) electrons. The third-order valence-corrected chi connectivity index (χ3v) is 2.32. The second-order valence-electron chi connectivity index (χ2n) is 3.74. The molecule has 94 valence electrons. The van der Waals surface area contributed by atoms with Crippen molar-refractivity contribution < 1.29 is 9.59 Å². The Morgan fingerprint density at radius 1 is 1.53 bits per heavy atom. The van der Waals surface area contributed by atoms with Crippen molar-refractivity contribution in [2.75, 3.05) is 6.54 Å². The Balaban J connectivity index is 2.36. The van der Waals surface area contributed by atoms with Gasteiger partial charge in [-0.05, 0) is 6.42 Å². The minimum absolute atomic E-state index is 0.0954. The van der Waals surface area contributed by atoms with Crippen LogP contribution < -0.4 is 10.6 Å². The first-order valence-electron chi connectivity index (χ1n) is 5.66. The maximum atomic E-state index is 11.6. The van der Waals surface area contributed by atoms with Crippen LogP contribution in [0.5, 0.6) is 0 Å². The molecule has 0 saturated heterocycles. The molecule has 0 spiro atoms. The van der Waals surface area contributed by atoms with E-state index in [9.17, 15) is 9.59 Å². The largest absolute Gasteiger partial charge is 0.356 e. The van der Waals surface area contributed by atoms with Gasteiger partial charge in [-0.1, -0.05) is 6.92 Å². The minimum Gasteiger partial charge on any atom is -0.356 e. The third kappa shape index (κ3) is 4.67. The molecule has 0 saturated carbocycles. The Kier molecular flexibility index (Phi) is 5.19. The van der Waals surface area contributed by atoms with Crippen molar-refractivity contribution in [3.8, 4) is 0 Å². The number of H-pyrrole nitrogens is 1. The fourth-order valence-corrected chi connectivity index (χ4v) is 1.45. The number of rotatable bonds is 6. The summed E-state index contributed by atoms with van der Waals surface area (Å²) in [6.07, 6.45) is 4.42. The summed E-state index contributed by atoms with van der Waals surface area (Å²) in [6, 6.07) is -0.102. The molecule has 17 heavy (non-hydrogen) atoms. The normalized spacial score (nSPS) is 11.9. The monoisotopic (exact) mass is 238 g/mol. The van der Waals surface area contributed by atoms with Crippen molar-refractivity contribution in [3.63, 3.8) is 0 Å². The Labute approximate surface area is 100 Å². The van der Waals surface area contributed by atoms with E-state index in [4.69, 9.17) is 0 Å². The van der Waals surface area contributed by atoms with Crippen LogP contribution in [0.2, 0.25) is 0 Å². The lowest BCUT2D eigenvalue weighted by Crippen LogP contribution is -2.32. The Bertz CT molecular complexity index is 362. The van der Waals surface area contributed by atoms with Crippen LogP contribution in [0.25, 0.3) is 0 Å². The summed E-state index contributed by atoms with van der Waals surface area (Å²) in [6.45, 7) is 3.76. The van der Waals surface area contributed by atoms with Crippen LogP contribution in [0, 0.1) is 0 Å². The van der Waals surface area contributed by atoms with Crippen molar-refractivity contribution in [3.05, 3.63) is 18.2 Å². The number of carbonyl (C=O) groups excluding carboxylic acids is 2. The molecular weight excluding hydrogens is 220 g/mol. The fraction of sp³-hybridized carbons (Fsp3) is 0.545. The second-order valence-corrected chi connectivity index (χ2v) is 3.74. The van der Waals surface area contributed by atoms with E-state index >= 15 is 0 Å². The highest BCUT2D eigenvalue weighted by Crippen LogP contribution is 2.10. The molecule has 0 aliphatic carbocycles. The van der Waals surface area contributed by atoms with Crippen LogP contribution >= 0.6 is 0 Å². The Hall–Kier alpha value is -1.85. The van der Waals surface area contributed by atoms with Gasteiger partial charge in [-0.3, -0.25) is 9.59 Å². The third-order valence-electron chi connectivity index (χ3n) is 2.32. The summed E-state index contributed by atoms with van der Waals surface area (Å²) in [7, 11) is 0. The van der Waals surface area contributed by atoms with Gasteiger partial charge in [0.15, 0.2) is 0 Å². The lowest BCUT2D eigenvalue weighted by Gasteiger charge is -2.14. The molecule has 1 atom stereocenters. The molecule has 1 aromatic rings. The number of aromatic nitrogens is 2. The van der Waals surface area contributed by atoms with Gasteiger partial charge in [0.2, 0.25) is 11.8 Å². The lowest BCUT2D eigenvalue weighted by atomic mass is 10.2. The molecule has 0 aromatic carbocycles. The molecule has 3 N–H and O–H groups in total. The van der Waals surface area contributed by atoms with E-state index in [2.05, 4.69) is 20.6 Å². The minimum atomic E-state index is -0.129. The van der Waals surface area contributed by atoms with Crippen molar-refractivity contribution in [2.24, 2.45) is 0 Å². The van der Waals surface area contributed by atoms with E-state index in [0.29, 0.717) is 6.54 Å². The summed E-state index contributed by atoms with van der Waals surface area (Å²) >= 11 is 0. The summed E-state index contributed by atoms with van der Waals surface area (Å²) in [5.74, 6) is 0.526. The summed E-state index contributed by atoms with van der Waals surface area (Å²) in [5, 5.41) is 5.44. The first-order valence-corrected chi connectivity index (χ1v) is 5.66. The van der Waals surface area contributed by atoms with Crippen LogP contribution in [-0.2, 0) is 9.59 Å². The van der Waals surface area contributed by atoms with Crippen molar-refractivity contribution in [1.82, 2.24) is 20.6 Å². The quantitative estimate of drug-likeness (QED) is 0.674. The number of hydrogen-bond donors (Lipinski definition) is 3. The maximum Gasteiger partial charge on any atom is 0.222 e. The molecular formula is C11H18N4O2. The zero-order valence-corrected chi connectivity index (χ0v) is 10.1. The molecule has 1 unspecified atom stereocenters. The van der Waals surface area contributed by atoms with Gasteiger partial charge in [0.1, 0.15) is 5.82 Å². The summed E-state index contributed by atoms with van der Waals surface area (Å²) in [5.41, 5.74) is 0. The summed E-state index contributed by atoms with van der Waals surface area (Å²) in [4.78, 5) is 29.3. The number of imidazole rings is 1. The van der Waals surface area contributed by atoms with Crippen molar-refractivity contribution >= 4 is 11.8 Å². The van der Waals surface area contributed by atoms with Gasteiger partial charge in [0.05, 0.1) is 6.04 Å². The number of nitrogens with zero attached hydrogens (tertiary/aromatic N) is 1. The SMILES string of the molecule is CCC(NC(=O)CCNC(C)=O)c1ncc[nH]1. The maximum absolute atomic E-state index is 11.6. The van der Waals surface area contributed by atoms with Crippen LogP contribution in [0.1, 0.15) is 38.6 Å². The second kappa shape index (κ2) is 6.67. The number of nitrogens with one attached hydrogen (secondary N) is 3. The molecule has 0 aliphatic heterocycles. The molecule has 1 aromatic heterocycles. The molecule has 0 fully saturated rings. The predicted molar refractivity (Wildman–Crippen MR) is 63.1 cm³/mol. The topological polar surface area (TPSA) is 86.9 Å². The van der Waals surface area contributed by atoms with E-state index in [-0.39, 0.29) is 24.3 Å². The van der Waals surface area contributed by atoms with E-state index in [0.717, 1.165) is 12.2 Å². The van der Waals surface area contributed by atoms with Crippen LogP contribution in [0.15, 0.2) is 12.4 Å². The Morgan fingerprint density at radius 3 is 2.82 bits per heavy atom. The number of amides is 2. The van der Waals surface area contributed by atoms with Gasteiger partial charge in [-0.2, -0.15) is 0 Å². The van der Waals surface area contributed by atoms with Gasteiger partial charge >= 0.3 is 0 Å².